The second-order valence-electron chi connectivity index (χ2n) is 4.31. The Labute approximate surface area is 94.9 Å². The predicted octanol–water partition coefficient (Wildman–Crippen LogP) is 2.10. The van der Waals surface area contributed by atoms with E-state index in [4.69, 9.17) is 0 Å². The van der Waals surface area contributed by atoms with Crippen molar-refractivity contribution in [2.45, 2.75) is 20.8 Å². The van der Waals surface area contributed by atoms with Crippen LogP contribution in [0.2, 0.25) is 0 Å². The summed E-state index contributed by atoms with van der Waals surface area (Å²) in [5.74, 6) is 0. The SMILES string of the molecule is Cc1cc(C)cc(-n2c(=O)cc(C)n2C)c1. The molecule has 0 N–H and O–H groups in total. The summed E-state index contributed by atoms with van der Waals surface area (Å²) in [5, 5.41) is 0. The van der Waals surface area contributed by atoms with Crippen LogP contribution >= 0.6 is 0 Å². The summed E-state index contributed by atoms with van der Waals surface area (Å²) < 4.78 is 3.56. The van der Waals surface area contributed by atoms with Crippen molar-refractivity contribution in [3.05, 3.63) is 51.4 Å². The number of aryl methyl sites for hydroxylation is 3. The van der Waals surface area contributed by atoms with Crippen molar-refractivity contribution < 1.29 is 0 Å². The van der Waals surface area contributed by atoms with Gasteiger partial charge in [0.1, 0.15) is 0 Å². The molecule has 0 atom stereocenters. The van der Waals surface area contributed by atoms with Crippen molar-refractivity contribution in [1.29, 1.82) is 0 Å². The van der Waals surface area contributed by atoms with E-state index in [1.165, 1.54) is 11.1 Å². The van der Waals surface area contributed by atoms with Crippen molar-refractivity contribution in [2.24, 2.45) is 7.05 Å². The minimum atomic E-state index is 0.0185. The molecule has 0 radical (unpaired) electrons. The second-order valence-corrected chi connectivity index (χ2v) is 4.31. The average molecular weight is 216 g/mol. The van der Waals surface area contributed by atoms with Crippen LogP contribution in [0.5, 0.6) is 0 Å². The molecule has 0 saturated heterocycles. The first kappa shape index (κ1) is 10.7. The van der Waals surface area contributed by atoms with Gasteiger partial charge in [0.15, 0.2) is 0 Å². The molecule has 0 spiro atoms. The van der Waals surface area contributed by atoms with E-state index in [-0.39, 0.29) is 5.56 Å². The normalized spacial score (nSPS) is 10.8. The highest BCUT2D eigenvalue weighted by atomic mass is 16.1. The van der Waals surface area contributed by atoms with E-state index in [1.807, 2.05) is 44.6 Å². The molecule has 0 saturated carbocycles. The van der Waals surface area contributed by atoms with Gasteiger partial charge in [0.25, 0.3) is 5.56 Å². The van der Waals surface area contributed by atoms with Crippen molar-refractivity contribution in [3.8, 4) is 5.69 Å². The van der Waals surface area contributed by atoms with Gasteiger partial charge in [-0.2, -0.15) is 0 Å². The lowest BCUT2D eigenvalue weighted by atomic mass is 10.1. The third-order valence-corrected chi connectivity index (χ3v) is 2.80. The number of rotatable bonds is 1. The third-order valence-electron chi connectivity index (χ3n) is 2.80. The fourth-order valence-electron chi connectivity index (χ4n) is 2.01. The Hall–Kier alpha value is -1.77. The molecule has 1 aromatic carbocycles. The molecule has 3 heteroatoms. The molecule has 1 heterocycles. The van der Waals surface area contributed by atoms with Crippen LogP contribution in [0.3, 0.4) is 0 Å². The van der Waals surface area contributed by atoms with E-state index in [2.05, 4.69) is 6.07 Å². The van der Waals surface area contributed by atoms with Gasteiger partial charge in [-0.05, 0) is 44.0 Å². The molecule has 0 bridgehead atoms. The summed E-state index contributed by atoms with van der Waals surface area (Å²) in [4.78, 5) is 11.8. The zero-order chi connectivity index (χ0) is 11.9. The Balaban J connectivity index is 2.72. The first-order valence-corrected chi connectivity index (χ1v) is 5.33. The quantitative estimate of drug-likeness (QED) is 0.717. The van der Waals surface area contributed by atoms with Crippen LogP contribution in [0.4, 0.5) is 0 Å². The third kappa shape index (κ3) is 1.69. The van der Waals surface area contributed by atoms with Gasteiger partial charge in [0.2, 0.25) is 0 Å². The van der Waals surface area contributed by atoms with Crippen molar-refractivity contribution in [1.82, 2.24) is 9.36 Å². The lowest BCUT2D eigenvalue weighted by Crippen LogP contribution is -2.19. The smallest absolute Gasteiger partial charge is 0.271 e. The van der Waals surface area contributed by atoms with Crippen LogP contribution in [0.15, 0.2) is 29.1 Å². The van der Waals surface area contributed by atoms with Crippen LogP contribution in [-0.2, 0) is 7.05 Å². The Kier molecular flexibility index (Phi) is 2.46. The highest BCUT2D eigenvalue weighted by Crippen LogP contribution is 2.12. The van der Waals surface area contributed by atoms with Gasteiger partial charge >= 0.3 is 0 Å². The molecule has 0 aliphatic carbocycles. The van der Waals surface area contributed by atoms with Gasteiger partial charge in [-0.1, -0.05) is 6.07 Å². The number of hydrogen-bond donors (Lipinski definition) is 0. The Bertz CT molecular complexity index is 570. The van der Waals surface area contributed by atoms with Gasteiger partial charge < -0.3 is 0 Å². The molecule has 16 heavy (non-hydrogen) atoms. The highest BCUT2D eigenvalue weighted by molar-refractivity contribution is 5.39. The summed E-state index contributed by atoms with van der Waals surface area (Å²) in [6.07, 6.45) is 0. The minimum Gasteiger partial charge on any atom is -0.285 e. The fourth-order valence-corrected chi connectivity index (χ4v) is 2.01. The molecular formula is C13H16N2O. The topological polar surface area (TPSA) is 26.9 Å². The summed E-state index contributed by atoms with van der Waals surface area (Å²) >= 11 is 0. The number of benzene rings is 1. The molecule has 0 aliphatic heterocycles. The lowest BCUT2D eigenvalue weighted by Gasteiger charge is -2.10. The molecule has 0 fully saturated rings. The zero-order valence-electron chi connectivity index (χ0n) is 10.1. The molecule has 0 unspecified atom stereocenters. The summed E-state index contributed by atoms with van der Waals surface area (Å²) in [5.41, 5.74) is 4.24. The van der Waals surface area contributed by atoms with E-state index in [1.54, 1.807) is 10.7 Å². The fraction of sp³-hybridized carbons (Fsp3) is 0.308. The van der Waals surface area contributed by atoms with Crippen LogP contribution in [-0.4, -0.2) is 9.36 Å². The minimum absolute atomic E-state index is 0.0185. The van der Waals surface area contributed by atoms with E-state index in [0.29, 0.717) is 0 Å². The van der Waals surface area contributed by atoms with Crippen molar-refractivity contribution in [2.75, 3.05) is 0 Å². The summed E-state index contributed by atoms with van der Waals surface area (Å²) in [6, 6.07) is 7.80. The van der Waals surface area contributed by atoms with Crippen molar-refractivity contribution >= 4 is 0 Å². The molecule has 84 valence electrons. The molecule has 0 aliphatic rings. The van der Waals surface area contributed by atoms with E-state index >= 15 is 0 Å². The van der Waals surface area contributed by atoms with Gasteiger partial charge in [-0.15, -0.1) is 0 Å². The van der Waals surface area contributed by atoms with Crippen LogP contribution in [0.1, 0.15) is 16.8 Å². The van der Waals surface area contributed by atoms with Gasteiger partial charge in [0.05, 0.1) is 5.69 Å². The molecule has 1 aromatic heterocycles. The molecule has 0 amide bonds. The predicted molar refractivity (Wildman–Crippen MR) is 65.2 cm³/mol. The molecular weight excluding hydrogens is 200 g/mol. The molecule has 3 nitrogen and oxygen atoms in total. The Morgan fingerprint density at radius 1 is 0.938 bits per heavy atom. The van der Waals surface area contributed by atoms with E-state index in [9.17, 15) is 4.79 Å². The maximum absolute atomic E-state index is 11.8. The number of aromatic nitrogens is 2. The zero-order valence-corrected chi connectivity index (χ0v) is 10.1. The van der Waals surface area contributed by atoms with E-state index in [0.717, 1.165) is 11.4 Å². The first-order chi connectivity index (χ1) is 7.49. The Morgan fingerprint density at radius 3 is 1.94 bits per heavy atom. The number of hydrogen-bond acceptors (Lipinski definition) is 1. The monoisotopic (exact) mass is 216 g/mol. The average Bonchev–Trinajstić information content (AvgIpc) is 2.39. The van der Waals surface area contributed by atoms with Crippen molar-refractivity contribution in [3.63, 3.8) is 0 Å². The maximum atomic E-state index is 11.8. The summed E-state index contributed by atoms with van der Waals surface area (Å²) in [6.45, 7) is 6.01. The second kappa shape index (κ2) is 3.67. The maximum Gasteiger partial charge on any atom is 0.271 e. The largest absolute Gasteiger partial charge is 0.285 e. The lowest BCUT2D eigenvalue weighted by molar-refractivity contribution is 0.629. The first-order valence-electron chi connectivity index (χ1n) is 5.33. The number of nitrogens with zero attached hydrogens (tertiary/aromatic N) is 2. The molecule has 2 rings (SSSR count). The van der Waals surface area contributed by atoms with Gasteiger partial charge in [-0.25, -0.2) is 4.68 Å². The standard InChI is InChI=1S/C13H16N2O/c1-9-5-10(2)7-12(6-9)15-13(16)8-11(3)14(15)4/h5-8H,1-4H3. The van der Waals surface area contributed by atoms with Crippen LogP contribution in [0, 0.1) is 20.8 Å². The van der Waals surface area contributed by atoms with Crippen LogP contribution < -0.4 is 5.56 Å². The van der Waals surface area contributed by atoms with Gasteiger partial charge in [-0.3, -0.25) is 9.48 Å². The van der Waals surface area contributed by atoms with Crippen LogP contribution in [0.25, 0.3) is 5.69 Å². The Morgan fingerprint density at radius 2 is 1.50 bits per heavy atom. The summed E-state index contributed by atoms with van der Waals surface area (Å²) in [7, 11) is 1.90. The molecule has 2 aromatic rings. The van der Waals surface area contributed by atoms with Gasteiger partial charge in [0, 0.05) is 18.8 Å². The van der Waals surface area contributed by atoms with E-state index < -0.39 is 0 Å². The highest BCUT2D eigenvalue weighted by Gasteiger charge is 2.07.